The van der Waals surface area contributed by atoms with Crippen molar-refractivity contribution < 1.29 is 28.8 Å². The fourth-order valence-electron chi connectivity index (χ4n) is 14.8. The van der Waals surface area contributed by atoms with E-state index >= 15 is 0 Å². The van der Waals surface area contributed by atoms with E-state index in [1.807, 2.05) is 20.8 Å². The number of hydrogen-bond acceptors (Lipinski definition) is 8. The van der Waals surface area contributed by atoms with E-state index in [4.69, 9.17) is 23.7 Å². The van der Waals surface area contributed by atoms with Gasteiger partial charge in [0.2, 0.25) is 0 Å². The summed E-state index contributed by atoms with van der Waals surface area (Å²) in [7, 11) is 3.96. The molecule has 7 aliphatic rings. The third kappa shape index (κ3) is 5.90. The number of ether oxygens (including phenoxy) is 5. The number of hydrogen-bond donors (Lipinski definition) is 1. The maximum Gasteiger partial charge on any atom is 0.170 e. The molecule has 14 atom stereocenters. The molecule has 5 saturated carbocycles. The van der Waals surface area contributed by atoms with Gasteiger partial charge in [0.25, 0.3) is 0 Å². The minimum atomic E-state index is -0.917. The Morgan fingerprint density at radius 1 is 1.00 bits per heavy atom. The molecule has 7 fully saturated rings. The van der Waals surface area contributed by atoms with Crippen LogP contribution in [-0.4, -0.2) is 118 Å². The number of fused-ring (bicyclic) bond motifs is 4. The molecule has 8 nitrogen and oxygen atoms in total. The highest BCUT2D eigenvalue weighted by molar-refractivity contribution is 5.32. The third-order valence-corrected chi connectivity index (χ3v) is 16.8. The highest BCUT2D eigenvalue weighted by atomic mass is 16.7. The predicted molar refractivity (Wildman–Crippen MR) is 197 cm³/mol. The molecule has 0 amide bonds. The van der Waals surface area contributed by atoms with Crippen molar-refractivity contribution in [2.24, 2.45) is 57.2 Å². The van der Waals surface area contributed by atoms with Crippen LogP contribution in [0.4, 0.5) is 0 Å². The van der Waals surface area contributed by atoms with Gasteiger partial charge in [-0.3, -0.25) is 4.90 Å². The number of morpholine rings is 1. The summed E-state index contributed by atoms with van der Waals surface area (Å²) >= 11 is 0. The van der Waals surface area contributed by atoms with E-state index in [1.165, 1.54) is 38.5 Å². The molecule has 2 spiro atoms. The molecule has 0 bridgehead atoms. The van der Waals surface area contributed by atoms with Crippen molar-refractivity contribution in [2.45, 2.75) is 143 Å². The Labute approximate surface area is 305 Å². The van der Waals surface area contributed by atoms with Crippen LogP contribution in [0.25, 0.3) is 0 Å². The van der Waals surface area contributed by atoms with Gasteiger partial charge in [-0.05, 0) is 136 Å². The van der Waals surface area contributed by atoms with Gasteiger partial charge in [-0.25, -0.2) is 0 Å². The lowest BCUT2D eigenvalue weighted by atomic mass is 9.46. The molecule has 8 heteroatoms. The quantitative estimate of drug-likeness (QED) is 0.248. The summed E-state index contributed by atoms with van der Waals surface area (Å²) in [5.41, 5.74) is 0.492. The highest BCUT2D eigenvalue weighted by Crippen LogP contribution is 2.89. The van der Waals surface area contributed by atoms with E-state index in [-0.39, 0.29) is 36.1 Å². The molecule has 288 valence electrons. The van der Waals surface area contributed by atoms with Gasteiger partial charge in [-0.2, -0.15) is 0 Å². The first kappa shape index (κ1) is 38.0. The standard InChI is InChI=1S/C42H74N2O6/c1-11-47-37(39(6,7)45)32-24-27(2)36-31(49-32)25-30-29-12-13-33-38(4,5)34(14-15-42(33)28(3)41(29,42)17-16-40(30,36)8)50-35-26-44(21-23-48-35)19-18-43(9)20-22-46-10/h27-37,45H,11-26H2,1-10H3/t27-,28+,29?,30?,31?,32?,33+,34+,35?,36+,37+,40+,41+,42?/m1/s1. The minimum absolute atomic E-state index is 0.0376. The first-order chi connectivity index (χ1) is 23.6. The van der Waals surface area contributed by atoms with Crippen molar-refractivity contribution in [3.8, 4) is 0 Å². The van der Waals surface area contributed by atoms with Gasteiger partial charge in [0, 0.05) is 46.4 Å². The second-order valence-corrected chi connectivity index (χ2v) is 19.8. The molecule has 2 heterocycles. The number of nitrogens with zero attached hydrogens (tertiary/aromatic N) is 2. The Morgan fingerprint density at radius 3 is 2.50 bits per heavy atom. The summed E-state index contributed by atoms with van der Waals surface area (Å²) in [4.78, 5) is 4.89. The zero-order valence-corrected chi connectivity index (χ0v) is 33.5. The molecular weight excluding hydrogens is 628 g/mol. The molecule has 0 aromatic heterocycles. The van der Waals surface area contributed by atoms with Crippen molar-refractivity contribution in [1.29, 1.82) is 0 Å². The van der Waals surface area contributed by atoms with Gasteiger partial charge in [0.05, 0.1) is 37.1 Å². The molecule has 5 aliphatic carbocycles. The lowest BCUT2D eigenvalue weighted by molar-refractivity contribution is -0.245. The first-order valence-corrected chi connectivity index (χ1v) is 20.8. The Balaban J connectivity index is 1.03. The van der Waals surface area contributed by atoms with E-state index < -0.39 is 5.60 Å². The summed E-state index contributed by atoms with van der Waals surface area (Å²) in [6.45, 7) is 25.8. The van der Waals surface area contributed by atoms with Crippen LogP contribution in [0.2, 0.25) is 0 Å². The molecule has 0 aromatic carbocycles. The Hall–Kier alpha value is -0.320. The van der Waals surface area contributed by atoms with E-state index in [1.54, 1.807) is 7.11 Å². The number of rotatable bonds is 12. The molecule has 0 radical (unpaired) electrons. The smallest absolute Gasteiger partial charge is 0.170 e. The predicted octanol–water partition coefficient (Wildman–Crippen LogP) is 6.48. The van der Waals surface area contributed by atoms with Gasteiger partial charge in [0.15, 0.2) is 6.29 Å². The monoisotopic (exact) mass is 703 g/mol. The van der Waals surface area contributed by atoms with Crippen LogP contribution in [-0.2, 0) is 23.7 Å². The fraction of sp³-hybridized carbons (Fsp3) is 1.00. The van der Waals surface area contributed by atoms with Crippen LogP contribution in [0, 0.1) is 57.2 Å². The normalized spacial score (nSPS) is 47.5. The minimum Gasteiger partial charge on any atom is -0.388 e. The lowest BCUT2D eigenvalue weighted by Crippen LogP contribution is -2.57. The van der Waals surface area contributed by atoms with Crippen molar-refractivity contribution in [1.82, 2.24) is 9.80 Å². The summed E-state index contributed by atoms with van der Waals surface area (Å²) < 4.78 is 31.8. The van der Waals surface area contributed by atoms with E-state index in [9.17, 15) is 5.11 Å². The van der Waals surface area contributed by atoms with Crippen molar-refractivity contribution in [3.05, 3.63) is 0 Å². The van der Waals surface area contributed by atoms with Crippen LogP contribution < -0.4 is 0 Å². The van der Waals surface area contributed by atoms with Crippen molar-refractivity contribution in [2.75, 3.05) is 66.7 Å². The van der Waals surface area contributed by atoms with Gasteiger partial charge in [-0.15, -0.1) is 0 Å². The second kappa shape index (κ2) is 13.8. The summed E-state index contributed by atoms with van der Waals surface area (Å²) in [6, 6.07) is 0. The largest absolute Gasteiger partial charge is 0.388 e. The van der Waals surface area contributed by atoms with Crippen molar-refractivity contribution >= 4 is 0 Å². The third-order valence-electron chi connectivity index (χ3n) is 16.8. The maximum atomic E-state index is 11.1. The van der Waals surface area contributed by atoms with E-state index in [0.717, 1.165) is 76.5 Å². The van der Waals surface area contributed by atoms with Gasteiger partial charge >= 0.3 is 0 Å². The number of methoxy groups -OCH3 is 1. The van der Waals surface area contributed by atoms with Gasteiger partial charge < -0.3 is 33.7 Å². The van der Waals surface area contributed by atoms with Crippen LogP contribution in [0.3, 0.4) is 0 Å². The number of likely N-dealkylation sites (N-methyl/N-ethyl adjacent to an activating group) is 1. The van der Waals surface area contributed by atoms with Crippen LogP contribution in [0.1, 0.15) is 107 Å². The topological polar surface area (TPSA) is 72.9 Å². The molecule has 50 heavy (non-hydrogen) atoms. The SMILES string of the molecule is CCO[C@@H](C1C[C@@H](C)[C@H]2C(CC3C4CC[C@H]5C(C)(C)[C@@H](OC6CN(CCN(C)CCOC)CCO6)CCC56[C@@H](C)[C@@]46CC[C@@]32C)O1)C(C)(C)O. The molecule has 2 saturated heterocycles. The summed E-state index contributed by atoms with van der Waals surface area (Å²) in [6.07, 6.45) is 10.2. The fourth-order valence-corrected chi connectivity index (χ4v) is 14.8. The number of aliphatic hydroxyl groups is 1. The summed E-state index contributed by atoms with van der Waals surface area (Å²) in [5, 5.41) is 11.1. The zero-order chi connectivity index (χ0) is 35.9. The first-order valence-electron chi connectivity index (χ1n) is 20.8. The van der Waals surface area contributed by atoms with E-state index in [0.29, 0.717) is 40.6 Å². The summed E-state index contributed by atoms with van der Waals surface area (Å²) in [5.74, 6) is 4.22. The Kier molecular flexibility index (Phi) is 10.5. The molecule has 1 N–H and O–H groups in total. The molecule has 2 aliphatic heterocycles. The average molecular weight is 703 g/mol. The molecule has 6 unspecified atom stereocenters. The average Bonchev–Trinajstić information content (AvgIpc) is 3.42. The maximum absolute atomic E-state index is 11.1. The van der Waals surface area contributed by atoms with Crippen LogP contribution in [0.15, 0.2) is 0 Å². The van der Waals surface area contributed by atoms with Gasteiger partial charge in [0.1, 0.15) is 6.10 Å². The Morgan fingerprint density at radius 2 is 1.78 bits per heavy atom. The molecule has 7 rings (SSSR count). The second-order valence-electron chi connectivity index (χ2n) is 19.8. The zero-order valence-electron chi connectivity index (χ0n) is 33.5. The van der Waals surface area contributed by atoms with Crippen molar-refractivity contribution in [3.63, 3.8) is 0 Å². The van der Waals surface area contributed by atoms with E-state index in [2.05, 4.69) is 51.5 Å². The van der Waals surface area contributed by atoms with Crippen LogP contribution >= 0.6 is 0 Å². The molecule has 0 aromatic rings. The van der Waals surface area contributed by atoms with Crippen LogP contribution in [0.5, 0.6) is 0 Å². The molecular formula is C42H74N2O6. The highest BCUT2D eigenvalue weighted by Gasteiger charge is 2.85. The Bertz CT molecular complexity index is 1190. The lowest BCUT2D eigenvalue weighted by Gasteiger charge is -2.60. The van der Waals surface area contributed by atoms with Gasteiger partial charge in [-0.1, -0.05) is 34.6 Å².